The van der Waals surface area contributed by atoms with Crippen LogP contribution in [0.2, 0.25) is 0 Å². The van der Waals surface area contributed by atoms with Crippen molar-refractivity contribution in [1.29, 1.82) is 0 Å². The standard InChI is InChI=1S/C12H12N2OS/c15-8-12(3-4-12)11-14-10(7-16-11)9-1-5-13-6-2-9/h1-2,5-7,15H,3-4,8H2. The van der Waals surface area contributed by atoms with E-state index in [2.05, 4.69) is 15.3 Å². The van der Waals surface area contributed by atoms with Crippen LogP contribution in [0.3, 0.4) is 0 Å². The molecule has 0 aliphatic heterocycles. The maximum Gasteiger partial charge on any atom is 0.102 e. The molecule has 82 valence electrons. The highest BCUT2D eigenvalue weighted by Gasteiger charge is 2.46. The number of hydrogen-bond acceptors (Lipinski definition) is 4. The highest BCUT2D eigenvalue weighted by Crippen LogP contribution is 2.49. The van der Waals surface area contributed by atoms with Gasteiger partial charge in [0.05, 0.1) is 12.3 Å². The van der Waals surface area contributed by atoms with Crippen LogP contribution < -0.4 is 0 Å². The summed E-state index contributed by atoms with van der Waals surface area (Å²) < 4.78 is 0. The summed E-state index contributed by atoms with van der Waals surface area (Å²) in [4.78, 5) is 8.61. The minimum absolute atomic E-state index is 0.0179. The normalized spacial score (nSPS) is 17.3. The number of aromatic nitrogens is 2. The van der Waals surface area contributed by atoms with Gasteiger partial charge in [0.2, 0.25) is 0 Å². The Bertz CT molecular complexity index is 491. The van der Waals surface area contributed by atoms with E-state index in [0.717, 1.165) is 29.1 Å². The fourth-order valence-corrected chi connectivity index (χ4v) is 2.84. The third-order valence-corrected chi connectivity index (χ3v) is 4.18. The molecule has 0 aromatic carbocycles. The molecule has 1 N–H and O–H groups in total. The number of rotatable bonds is 3. The number of thiazole rings is 1. The van der Waals surface area contributed by atoms with Crippen LogP contribution in [0.4, 0.5) is 0 Å². The summed E-state index contributed by atoms with van der Waals surface area (Å²) in [5.74, 6) is 0. The Morgan fingerprint density at radius 1 is 1.31 bits per heavy atom. The molecule has 2 aromatic rings. The predicted molar refractivity (Wildman–Crippen MR) is 63.3 cm³/mol. The van der Waals surface area contributed by atoms with Crippen molar-refractivity contribution in [3.05, 3.63) is 34.9 Å². The fraction of sp³-hybridized carbons (Fsp3) is 0.333. The second kappa shape index (κ2) is 3.64. The molecule has 0 unspecified atom stereocenters. The van der Waals surface area contributed by atoms with Crippen molar-refractivity contribution in [3.8, 4) is 11.3 Å². The molecule has 16 heavy (non-hydrogen) atoms. The van der Waals surface area contributed by atoms with Gasteiger partial charge < -0.3 is 5.11 Å². The van der Waals surface area contributed by atoms with Crippen molar-refractivity contribution < 1.29 is 5.11 Å². The summed E-state index contributed by atoms with van der Waals surface area (Å²) in [5.41, 5.74) is 2.06. The van der Waals surface area contributed by atoms with Gasteiger partial charge in [0, 0.05) is 28.8 Å². The first kappa shape index (κ1) is 9.93. The molecule has 1 aliphatic rings. The monoisotopic (exact) mass is 232 g/mol. The zero-order chi connectivity index (χ0) is 11.0. The third kappa shape index (κ3) is 1.54. The van der Waals surface area contributed by atoms with Crippen molar-refractivity contribution in [2.45, 2.75) is 18.3 Å². The van der Waals surface area contributed by atoms with Crippen LogP contribution in [-0.2, 0) is 5.41 Å². The van der Waals surface area contributed by atoms with Gasteiger partial charge in [0.25, 0.3) is 0 Å². The van der Waals surface area contributed by atoms with Crippen LogP contribution in [0.1, 0.15) is 17.8 Å². The van der Waals surface area contributed by atoms with Crippen LogP contribution in [-0.4, -0.2) is 21.7 Å². The van der Waals surface area contributed by atoms with Crippen LogP contribution in [0.5, 0.6) is 0 Å². The number of nitrogens with zero attached hydrogens (tertiary/aromatic N) is 2. The van der Waals surface area contributed by atoms with Gasteiger partial charge in [-0.2, -0.15) is 0 Å². The Balaban J connectivity index is 1.94. The lowest BCUT2D eigenvalue weighted by Crippen LogP contribution is -2.11. The van der Waals surface area contributed by atoms with E-state index in [-0.39, 0.29) is 12.0 Å². The molecule has 4 heteroatoms. The fourth-order valence-electron chi connectivity index (χ4n) is 1.76. The van der Waals surface area contributed by atoms with Gasteiger partial charge in [-0.1, -0.05) is 0 Å². The quantitative estimate of drug-likeness (QED) is 0.882. The molecule has 0 saturated heterocycles. The van der Waals surface area contributed by atoms with Crippen LogP contribution in [0.15, 0.2) is 29.9 Å². The molecular weight excluding hydrogens is 220 g/mol. The molecule has 0 amide bonds. The van der Waals surface area contributed by atoms with Gasteiger partial charge in [0.1, 0.15) is 5.01 Å². The maximum atomic E-state index is 9.35. The molecule has 0 atom stereocenters. The molecule has 3 nitrogen and oxygen atoms in total. The SMILES string of the molecule is OCC1(c2nc(-c3ccncc3)cs2)CC1. The van der Waals surface area contributed by atoms with E-state index < -0.39 is 0 Å². The second-order valence-corrected chi connectivity index (χ2v) is 5.07. The zero-order valence-corrected chi connectivity index (χ0v) is 9.57. The molecular formula is C12H12N2OS. The molecule has 0 radical (unpaired) electrons. The number of aliphatic hydroxyl groups excluding tert-OH is 1. The Labute approximate surface area is 97.8 Å². The minimum atomic E-state index is -0.0179. The van der Waals surface area contributed by atoms with Crippen molar-refractivity contribution >= 4 is 11.3 Å². The number of pyridine rings is 1. The summed E-state index contributed by atoms with van der Waals surface area (Å²) >= 11 is 1.65. The summed E-state index contributed by atoms with van der Waals surface area (Å²) in [6, 6.07) is 3.91. The lowest BCUT2D eigenvalue weighted by atomic mass is 10.1. The van der Waals surface area contributed by atoms with E-state index >= 15 is 0 Å². The minimum Gasteiger partial charge on any atom is -0.395 e. The first-order chi connectivity index (χ1) is 7.84. The smallest absolute Gasteiger partial charge is 0.102 e. The predicted octanol–water partition coefficient (Wildman–Crippen LogP) is 2.23. The molecule has 2 heterocycles. The maximum absolute atomic E-state index is 9.35. The largest absolute Gasteiger partial charge is 0.395 e. The highest BCUT2D eigenvalue weighted by atomic mass is 32.1. The summed E-state index contributed by atoms with van der Waals surface area (Å²) in [5, 5.41) is 12.5. The van der Waals surface area contributed by atoms with E-state index in [4.69, 9.17) is 0 Å². The van der Waals surface area contributed by atoms with E-state index in [1.165, 1.54) is 0 Å². The Hall–Kier alpha value is -1.26. The van der Waals surface area contributed by atoms with Crippen LogP contribution >= 0.6 is 11.3 Å². The van der Waals surface area contributed by atoms with Crippen molar-refractivity contribution in [2.75, 3.05) is 6.61 Å². The Morgan fingerprint density at radius 2 is 2.06 bits per heavy atom. The van der Waals surface area contributed by atoms with E-state index in [1.54, 1.807) is 23.7 Å². The third-order valence-electron chi connectivity index (χ3n) is 3.09. The molecule has 3 rings (SSSR count). The van der Waals surface area contributed by atoms with Crippen LogP contribution in [0.25, 0.3) is 11.3 Å². The molecule has 1 saturated carbocycles. The topological polar surface area (TPSA) is 46.0 Å². The summed E-state index contributed by atoms with van der Waals surface area (Å²) in [7, 11) is 0. The van der Waals surface area contributed by atoms with Crippen LogP contribution in [0, 0.1) is 0 Å². The highest BCUT2D eigenvalue weighted by molar-refractivity contribution is 7.10. The zero-order valence-electron chi connectivity index (χ0n) is 8.76. The summed E-state index contributed by atoms with van der Waals surface area (Å²) in [6.07, 6.45) is 5.67. The molecule has 0 bridgehead atoms. The first-order valence-electron chi connectivity index (χ1n) is 5.31. The lowest BCUT2D eigenvalue weighted by Gasteiger charge is -2.05. The number of aliphatic hydroxyl groups is 1. The van der Waals surface area contributed by atoms with Crippen molar-refractivity contribution in [1.82, 2.24) is 9.97 Å². The molecule has 1 fully saturated rings. The van der Waals surface area contributed by atoms with E-state index in [9.17, 15) is 5.11 Å². The molecule has 0 spiro atoms. The number of hydrogen-bond donors (Lipinski definition) is 1. The van der Waals surface area contributed by atoms with Gasteiger partial charge >= 0.3 is 0 Å². The van der Waals surface area contributed by atoms with Crippen molar-refractivity contribution in [2.24, 2.45) is 0 Å². The van der Waals surface area contributed by atoms with E-state index in [0.29, 0.717) is 0 Å². The first-order valence-corrected chi connectivity index (χ1v) is 6.19. The van der Waals surface area contributed by atoms with E-state index in [1.807, 2.05) is 12.1 Å². The lowest BCUT2D eigenvalue weighted by molar-refractivity contribution is 0.255. The van der Waals surface area contributed by atoms with Gasteiger partial charge in [-0.15, -0.1) is 11.3 Å². The molecule has 2 aromatic heterocycles. The van der Waals surface area contributed by atoms with Gasteiger partial charge in [-0.25, -0.2) is 4.98 Å². The molecule has 1 aliphatic carbocycles. The average Bonchev–Trinajstić information content (AvgIpc) is 3.00. The van der Waals surface area contributed by atoms with Gasteiger partial charge in [-0.05, 0) is 25.0 Å². The van der Waals surface area contributed by atoms with Gasteiger partial charge in [0.15, 0.2) is 0 Å². The summed E-state index contributed by atoms with van der Waals surface area (Å²) in [6.45, 7) is 0.219. The van der Waals surface area contributed by atoms with Crippen molar-refractivity contribution in [3.63, 3.8) is 0 Å². The Kier molecular flexibility index (Phi) is 2.26. The van der Waals surface area contributed by atoms with Gasteiger partial charge in [-0.3, -0.25) is 4.98 Å². The Morgan fingerprint density at radius 3 is 2.69 bits per heavy atom. The second-order valence-electron chi connectivity index (χ2n) is 4.21. The average molecular weight is 232 g/mol.